The minimum atomic E-state index is -0.201. The van der Waals surface area contributed by atoms with Crippen molar-refractivity contribution in [1.29, 1.82) is 0 Å². The number of pyridine rings is 2. The molecule has 2 heterocycles. The SMILES string of the molecule is CC(CC(=O)Nc1ccccn1)=Nc1ccccc1N=C(C)CC(=O)Nc1ccccn1. The molecule has 3 rings (SSSR count). The second kappa shape index (κ2) is 11.3. The summed E-state index contributed by atoms with van der Waals surface area (Å²) in [5, 5.41) is 5.48. The van der Waals surface area contributed by atoms with Crippen LogP contribution in [0.4, 0.5) is 23.0 Å². The highest BCUT2D eigenvalue weighted by molar-refractivity contribution is 6.07. The number of nitrogens with one attached hydrogen (secondary N) is 2. The Kier molecular flexibility index (Phi) is 7.91. The Morgan fingerprint density at radius 2 is 1.09 bits per heavy atom. The van der Waals surface area contributed by atoms with E-state index in [1.807, 2.05) is 24.3 Å². The number of anilines is 2. The third-order valence-electron chi connectivity index (χ3n) is 4.20. The zero-order chi connectivity index (χ0) is 22.8. The van der Waals surface area contributed by atoms with Crippen LogP contribution < -0.4 is 10.6 Å². The van der Waals surface area contributed by atoms with Crippen molar-refractivity contribution in [3.8, 4) is 0 Å². The van der Waals surface area contributed by atoms with Gasteiger partial charge in [0.2, 0.25) is 11.8 Å². The van der Waals surface area contributed by atoms with Crippen LogP contribution >= 0.6 is 0 Å². The van der Waals surface area contributed by atoms with Gasteiger partial charge in [-0.15, -0.1) is 0 Å². The smallest absolute Gasteiger partial charge is 0.231 e. The summed E-state index contributed by atoms with van der Waals surface area (Å²) < 4.78 is 0. The van der Waals surface area contributed by atoms with E-state index in [1.165, 1.54) is 0 Å². The minimum absolute atomic E-state index is 0.125. The third kappa shape index (κ3) is 7.24. The largest absolute Gasteiger partial charge is 0.310 e. The maximum atomic E-state index is 12.2. The molecular formula is C24H24N6O2. The Hall–Kier alpha value is -4.20. The molecule has 0 unspecified atom stereocenters. The van der Waals surface area contributed by atoms with Gasteiger partial charge < -0.3 is 10.6 Å². The number of carbonyl (C=O) groups excluding carboxylic acids is 2. The zero-order valence-electron chi connectivity index (χ0n) is 17.9. The number of aliphatic imine (C=N–C) groups is 2. The van der Waals surface area contributed by atoms with Gasteiger partial charge in [0.25, 0.3) is 0 Å². The molecular weight excluding hydrogens is 404 g/mol. The number of aromatic nitrogens is 2. The fourth-order valence-corrected chi connectivity index (χ4v) is 2.86. The normalized spacial score (nSPS) is 11.7. The number of amides is 2. The highest BCUT2D eigenvalue weighted by atomic mass is 16.2. The van der Waals surface area contributed by atoms with Crippen molar-refractivity contribution >= 4 is 46.2 Å². The van der Waals surface area contributed by atoms with E-state index < -0.39 is 0 Å². The van der Waals surface area contributed by atoms with Crippen molar-refractivity contribution in [2.24, 2.45) is 9.98 Å². The van der Waals surface area contributed by atoms with Gasteiger partial charge in [0.1, 0.15) is 11.6 Å². The van der Waals surface area contributed by atoms with Crippen molar-refractivity contribution in [2.75, 3.05) is 10.6 Å². The summed E-state index contributed by atoms with van der Waals surface area (Å²) in [6, 6.07) is 18.0. The average Bonchev–Trinajstić information content (AvgIpc) is 2.76. The fraction of sp³-hybridized carbons (Fsp3) is 0.167. The van der Waals surface area contributed by atoms with Gasteiger partial charge in [0.15, 0.2) is 0 Å². The molecule has 162 valence electrons. The van der Waals surface area contributed by atoms with Crippen molar-refractivity contribution in [2.45, 2.75) is 26.7 Å². The predicted octanol–water partition coefficient (Wildman–Crippen LogP) is 4.72. The lowest BCUT2D eigenvalue weighted by molar-refractivity contribution is -0.116. The van der Waals surface area contributed by atoms with Crippen LogP contribution in [0.3, 0.4) is 0 Å². The Morgan fingerprint density at radius 1 is 0.688 bits per heavy atom. The first-order valence-electron chi connectivity index (χ1n) is 10.1. The quantitative estimate of drug-likeness (QED) is 0.506. The molecule has 0 radical (unpaired) electrons. The maximum Gasteiger partial charge on any atom is 0.231 e. The average molecular weight is 428 g/mol. The zero-order valence-corrected chi connectivity index (χ0v) is 17.9. The van der Waals surface area contributed by atoms with E-state index in [1.54, 1.807) is 62.6 Å². The topological polar surface area (TPSA) is 109 Å². The number of nitrogens with zero attached hydrogens (tertiary/aromatic N) is 4. The molecule has 3 aromatic rings. The van der Waals surface area contributed by atoms with Gasteiger partial charge in [-0.3, -0.25) is 19.6 Å². The van der Waals surface area contributed by atoms with E-state index >= 15 is 0 Å². The Balaban J connectivity index is 1.65. The molecule has 0 saturated carbocycles. The summed E-state index contributed by atoms with van der Waals surface area (Å²) in [5.74, 6) is 0.589. The lowest BCUT2D eigenvalue weighted by Gasteiger charge is -2.07. The Labute approximate surface area is 186 Å². The molecule has 32 heavy (non-hydrogen) atoms. The number of hydrogen-bond donors (Lipinski definition) is 2. The van der Waals surface area contributed by atoms with Crippen molar-refractivity contribution in [3.05, 3.63) is 73.1 Å². The van der Waals surface area contributed by atoms with Gasteiger partial charge in [-0.25, -0.2) is 9.97 Å². The van der Waals surface area contributed by atoms with Crippen molar-refractivity contribution in [1.82, 2.24) is 9.97 Å². The third-order valence-corrected chi connectivity index (χ3v) is 4.20. The first-order chi connectivity index (χ1) is 15.5. The molecule has 0 saturated heterocycles. The molecule has 0 fully saturated rings. The molecule has 0 aliphatic heterocycles. The molecule has 0 aliphatic rings. The summed E-state index contributed by atoms with van der Waals surface area (Å²) in [5.41, 5.74) is 2.51. The summed E-state index contributed by atoms with van der Waals surface area (Å²) in [6.45, 7) is 3.57. The number of carbonyl (C=O) groups is 2. The predicted molar refractivity (Wildman–Crippen MR) is 127 cm³/mol. The molecule has 2 aromatic heterocycles. The van der Waals surface area contributed by atoms with E-state index in [-0.39, 0.29) is 24.7 Å². The molecule has 0 atom stereocenters. The molecule has 8 nitrogen and oxygen atoms in total. The molecule has 0 bridgehead atoms. The molecule has 0 aliphatic carbocycles. The summed E-state index contributed by atoms with van der Waals surface area (Å²) in [7, 11) is 0. The molecule has 8 heteroatoms. The molecule has 2 amide bonds. The second-order valence-corrected chi connectivity index (χ2v) is 7.06. The van der Waals surface area contributed by atoms with Crippen LogP contribution in [0.2, 0.25) is 0 Å². The van der Waals surface area contributed by atoms with Gasteiger partial charge >= 0.3 is 0 Å². The highest BCUT2D eigenvalue weighted by Gasteiger charge is 2.09. The van der Waals surface area contributed by atoms with E-state index in [0.717, 1.165) is 0 Å². The van der Waals surface area contributed by atoms with Gasteiger partial charge in [-0.2, -0.15) is 0 Å². The number of benzene rings is 1. The number of rotatable bonds is 8. The van der Waals surface area contributed by atoms with Crippen LogP contribution in [0.25, 0.3) is 0 Å². The van der Waals surface area contributed by atoms with Gasteiger partial charge in [-0.05, 0) is 50.2 Å². The summed E-state index contributed by atoms with van der Waals surface area (Å²) in [4.78, 5) is 41.8. The van der Waals surface area contributed by atoms with Crippen molar-refractivity contribution < 1.29 is 9.59 Å². The standard InChI is InChI=1S/C24H24N6O2/c1-17(15-23(31)29-21-11-5-7-13-25-21)27-19-9-3-4-10-20(19)28-18(2)16-24(32)30-22-12-6-8-14-26-22/h3-14H,15-16H2,1-2H3,(H,25,29,31)(H,26,30,32). The van der Waals surface area contributed by atoms with Crippen LogP contribution in [0, 0.1) is 0 Å². The van der Waals surface area contributed by atoms with Gasteiger partial charge in [0, 0.05) is 23.8 Å². The van der Waals surface area contributed by atoms with E-state index in [4.69, 9.17) is 0 Å². The Morgan fingerprint density at radius 3 is 1.47 bits per heavy atom. The van der Waals surface area contributed by atoms with Crippen LogP contribution in [-0.4, -0.2) is 33.2 Å². The lowest BCUT2D eigenvalue weighted by Crippen LogP contribution is -2.15. The molecule has 1 aromatic carbocycles. The molecule has 0 spiro atoms. The van der Waals surface area contributed by atoms with Gasteiger partial charge in [0.05, 0.1) is 24.2 Å². The Bertz CT molecular complexity index is 1040. The first-order valence-corrected chi connectivity index (χ1v) is 10.1. The summed E-state index contributed by atoms with van der Waals surface area (Å²) in [6.07, 6.45) is 3.48. The van der Waals surface area contributed by atoms with Crippen LogP contribution in [0.1, 0.15) is 26.7 Å². The van der Waals surface area contributed by atoms with E-state index in [0.29, 0.717) is 34.4 Å². The maximum absolute atomic E-state index is 12.2. The van der Waals surface area contributed by atoms with E-state index in [9.17, 15) is 9.59 Å². The van der Waals surface area contributed by atoms with Crippen molar-refractivity contribution in [3.63, 3.8) is 0 Å². The fourth-order valence-electron chi connectivity index (χ4n) is 2.86. The minimum Gasteiger partial charge on any atom is -0.310 e. The second-order valence-electron chi connectivity index (χ2n) is 7.06. The van der Waals surface area contributed by atoms with Crippen LogP contribution in [-0.2, 0) is 9.59 Å². The van der Waals surface area contributed by atoms with E-state index in [2.05, 4.69) is 30.6 Å². The number of hydrogen-bond acceptors (Lipinski definition) is 6. The lowest BCUT2D eigenvalue weighted by atomic mass is 10.2. The number of para-hydroxylation sites is 2. The summed E-state index contributed by atoms with van der Waals surface area (Å²) >= 11 is 0. The first kappa shape index (κ1) is 22.5. The monoisotopic (exact) mass is 428 g/mol. The van der Waals surface area contributed by atoms with Crippen LogP contribution in [0.15, 0.2) is 83.0 Å². The molecule has 2 N–H and O–H groups in total. The van der Waals surface area contributed by atoms with Crippen LogP contribution in [0.5, 0.6) is 0 Å². The van der Waals surface area contributed by atoms with Gasteiger partial charge in [-0.1, -0.05) is 24.3 Å². The highest BCUT2D eigenvalue weighted by Crippen LogP contribution is 2.28.